The first-order valence-electron chi connectivity index (χ1n) is 9.76. The molecule has 29 heavy (non-hydrogen) atoms. The summed E-state index contributed by atoms with van der Waals surface area (Å²) in [4.78, 5) is 4.90. The highest BCUT2D eigenvalue weighted by molar-refractivity contribution is 5.90. The Morgan fingerprint density at radius 1 is 0.828 bits per heavy atom. The Labute approximate surface area is 169 Å². The fourth-order valence-electron chi connectivity index (χ4n) is 3.73. The van der Waals surface area contributed by atoms with Crippen molar-refractivity contribution in [3.05, 3.63) is 95.6 Å². The van der Waals surface area contributed by atoms with Crippen molar-refractivity contribution in [3.8, 4) is 17.2 Å². The lowest BCUT2D eigenvalue weighted by molar-refractivity contribution is 0.310. The number of benzene rings is 3. The van der Waals surface area contributed by atoms with E-state index in [2.05, 4.69) is 50.2 Å². The lowest BCUT2D eigenvalue weighted by Gasteiger charge is -2.11. The second-order valence-electron chi connectivity index (χ2n) is 7.35. The van der Waals surface area contributed by atoms with Crippen LogP contribution < -0.4 is 4.74 Å². The first kappa shape index (κ1) is 17.5. The van der Waals surface area contributed by atoms with Gasteiger partial charge >= 0.3 is 0 Å². The van der Waals surface area contributed by atoms with Gasteiger partial charge < -0.3 is 9.15 Å². The van der Waals surface area contributed by atoms with E-state index in [1.165, 1.54) is 0 Å². The van der Waals surface area contributed by atoms with Crippen molar-refractivity contribution in [2.24, 2.45) is 0 Å². The molecule has 0 atom stereocenters. The molecule has 5 rings (SSSR count). The summed E-state index contributed by atoms with van der Waals surface area (Å²) in [6, 6.07) is 26.5. The highest BCUT2D eigenvalue weighted by Crippen LogP contribution is 2.34. The van der Waals surface area contributed by atoms with Crippen LogP contribution in [0.25, 0.3) is 33.3 Å². The Hall–Kier alpha value is -3.59. The Balaban J connectivity index is 1.55. The molecule has 0 radical (unpaired) electrons. The molecule has 0 aliphatic heterocycles. The molecule has 0 N–H and O–H groups in total. The molecule has 0 saturated carbocycles. The van der Waals surface area contributed by atoms with Crippen LogP contribution in [0.3, 0.4) is 0 Å². The lowest BCUT2D eigenvalue weighted by atomic mass is 10.1. The third-order valence-corrected chi connectivity index (χ3v) is 5.23. The van der Waals surface area contributed by atoms with Gasteiger partial charge in [0.05, 0.1) is 5.52 Å². The summed E-state index contributed by atoms with van der Waals surface area (Å²) in [6.07, 6.45) is 0. The van der Waals surface area contributed by atoms with Crippen LogP contribution in [0.4, 0.5) is 0 Å². The van der Waals surface area contributed by atoms with Crippen LogP contribution in [0, 0.1) is 13.8 Å². The maximum absolute atomic E-state index is 6.14. The summed E-state index contributed by atoms with van der Waals surface area (Å²) in [6.45, 7) is 4.68. The molecule has 0 unspecified atom stereocenters. The number of furan rings is 1. The molecule has 3 heteroatoms. The van der Waals surface area contributed by atoms with E-state index in [1.54, 1.807) is 0 Å². The number of aryl methyl sites for hydroxylation is 2. The number of hydrogen-bond acceptors (Lipinski definition) is 3. The van der Waals surface area contributed by atoms with Gasteiger partial charge in [0.25, 0.3) is 0 Å². The Kier molecular flexibility index (Phi) is 4.28. The van der Waals surface area contributed by atoms with E-state index >= 15 is 0 Å². The molecule has 0 aliphatic rings. The maximum atomic E-state index is 6.14. The van der Waals surface area contributed by atoms with Crippen molar-refractivity contribution in [1.82, 2.24) is 4.98 Å². The minimum atomic E-state index is 0.532. The summed E-state index contributed by atoms with van der Waals surface area (Å²) in [7, 11) is 0. The van der Waals surface area contributed by atoms with Crippen LogP contribution >= 0.6 is 0 Å². The van der Waals surface area contributed by atoms with E-state index in [4.69, 9.17) is 14.1 Å². The van der Waals surface area contributed by atoms with E-state index in [-0.39, 0.29) is 0 Å². The predicted molar refractivity (Wildman–Crippen MR) is 117 cm³/mol. The van der Waals surface area contributed by atoms with Gasteiger partial charge in [-0.05, 0) is 55.3 Å². The SMILES string of the molecule is Cc1cc(OCc2ccccc2)c2ccc(-c3oc4ccccc4c3C)nc2c1. The molecule has 142 valence electrons. The fourth-order valence-corrected chi connectivity index (χ4v) is 3.73. The molecule has 0 fully saturated rings. The summed E-state index contributed by atoms with van der Waals surface area (Å²) in [5, 5.41) is 2.13. The molecule has 3 aromatic carbocycles. The van der Waals surface area contributed by atoms with E-state index in [9.17, 15) is 0 Å². The monoisotopic (exact) mass is 379 g/mol. The van der Waals surface area contributed by atoms with Gasteiger partial charge in [-0.25, -0.2) is 4.98 Å². The van der Waals surface area contributed by atoms with Gasteiger partial charge in [-0.3, -0.25) is 0 Å². The molecule has 0 spiro atoms. The molecule has 0 amide bonds. The average molecular weight is 379 g/mol. The van der Waals surface area contributed by atoms with E-state index in [0.29, 0.717) is 6.61 Å². The quantitative estimate of drug-likeness (QED) is 0.343. The van der Waals surface area contributed by atoms with Gasteiger partial charge in [0, 0.05) is 16.3 Å². The number of fused-ring (bicyclic) bond motifs is 2. The number of aromatic nitrogens is 1. The van der Waals surface area contributed by atoms with Gasteiger partial charge in [-0.15, -0.1) is 0 Å². The molecule has 3 nitrogen and oxygen atoms in total. The summed E-state index contributed by atoms with van der Waals surface area (Å²) in [5.74, 6) is 1.67. The zero-order chi connectivity index (χ0) is 19.8. The number of para-hydroxylation sites is 1. The van der Waals surface area contributed by atoms with Gasteiger partial charge in [0.15, 0.2) is 5.76 Å². The van der Waals surface area contributed by atoms with Gasteiger partial charge in [0.1, 0.15) is 23.6 Å². The van der Waals surface area contributed by atoms with Crippen LogP contribution in [-0.4, -0.2) is 4.98 Å². The van der Waals surface area contributed by atoms with Crippen LogP contribution in [0.2, 0.25) is 0 Å². The van der Waals surface area contributed by atoms with E-state index in [1.807, 2.05) is 42.5 Å². The topological polar surface area (TPSA) is 35.3 Å². The third-order valence-electron chi connectivity index (χ3n) is 5.23. The van der Waals surface area contributed by atoms with Gasteiger partial charge in [-0.1, -0.05) is 48.5 Å². The molecule has 0 bridgehead atoms. The minimum Gasteiger partial charge on any atom is -0.488 e. The first-order valence-corrected chi connectivity index (χ1v) is 9.76. The Morgan fingerprint density at radius 3 is 2.45 bits per heavy atom. The predicted octanol–water partition coefficient (Wildman–Crippen LogP) is 6.84. The van der Waals surface area contributed by atoms with Gasteiger partial charge in [-0.2, -0.15) is 0 Å². The highest BCUT2D eigenvalue weighted by atomic mass is 16.5. The van der Waals surface area contributed by atoms with Crippen LogP contribution in [0.15, 0.2) is 83.3 Å². The largest absolute Gasteiger partial charge is 0.488 e. The second kappa shape index (κ2) is 7.10. The van der Waals surface area contributed by atoms with Crippen LogP contribution in [-0.2, 0) is 6.61 Å². The smallest absolute Gasteiger partial charge is 0.156 e. The maximum Gasteiger partial charge on any atom is 0.156 e. The van der Waals surface area contributed by atoms with Crippen molar-refractivity contribution >= 4 is 21.9 Å². The fraction of sp³-hybridized carbons (Fsp3) is 0.115. The van der Waals surface area contributed by atoms with Gasteiger partial charge in [0.2, 0.25) is 0 Å². The Bertz CT molecular complexity index is 1320. The normalized spacial score (nSPS) is 11.2. The highest BCUT2D eigenvalue weighted by Gasteiger charge is 2.15. The van der Waals surface area contributed by atoms with Crippen LogP contribution in [0.1, 0.15) is 16.7 Å². The van der Waals surface area contributed by atoms with E-state index < -0.39 is 0 Å². The van der Waals surface area contributed by atoms with Crippen molar-refractivity contribution in [2.45, 2.75) is 20.5 Å². The number of ether oxygens (including phenoxy) is 1. The number of nitrogens with zero attached hydrogens (tertiary/aromatic N) is 1. The van der Waals surface area contributed by atoms with Crippen molar-refractivity contribution in [1.29, 1.82) is 0 Å². The first-order chi connectivity index (χ1) is 14.2. The second-order valence-corrected chi connectivity index (χ2v) is 7.35. The molecule has 5 aromatic rings. The molecule has 2 aromatic heterocycles. The number of hydrogen-bond donors (Lipinski definition) is 0. The number of rotatable bonds is 4. The zero-order valence-corrected chi connectivity index (χ0v) is 16.5. The minimum absolute atomic E-state index is 0.532. The summed E-state index contributed by atoms with van der Waals surface area (Å²) < 4.78 is 12.2. The third kappa shape index (κ3) is 3.25. The lowest BCUT2D eigenvalue weighted by Crippen LogP contribution is -1.97. The van der Waals surface area contributed by atoms with Crippen molar-refractivity contribution < 1.29 is 9.15 Å². The van der Waals surface area contributed by atoms with E-state index in [0.717, 1.165) is 55.8 Å². The molecule has 0 aliphatic carbocycles. The molecule has 0 saturated heterocycles. The molecular weight excluding hydrogens is 358 g/mol. The number of pyridine rings is 1. The molecule has 2 heterocycles. The molecular formula is C26H21NO2. The van der Waals surface area contributed by atoms with Crippen molar-refractivity contribution in [2.75, 3.05) is 0 Å². The average Bonchev–Trinajstić information content (AvgIpc) is 3.09. The Morgan fingerprint density at radius 2 is 1.62 bits per heavy atom. The standard InChI is InChI=1S/C26H21NO2/c1-17-14-23-21(25(15-17)28-16-19-8-4-3-5-9-19)12-13-22(27-23)26-18(2)20-10-6-7-11-24(20)29-26/h3-15H,16H2,1-2H3. The zero-order valence-electron chi connectivity index (χ0n) is 16.5. The van der Waals surface area contributed by atoms with Crippen molar-refractivity contribution in [3.63, 3.8) is 0 Å². The summed E-state index contributed by atoms with van der Waals surface area (Å²) in [5.41, 5.74) is 6.01. The summed E-state index contributed by atoms with van der Waals surface area (Å²) >= 11 is 0. The van der Waals surface area contributed by atoms with Crippen LogP contribution in [0.5, 0.6) is 5.75 Å².